The van der Waals surface area contributed by atoms with E-state index >= 15 is 0 Å². The second-order valence-electron chi connectivity index (χ2n) is 3.87. The largest absolute Gasteiger partial charge is 0.270 e. The highest BCUT2D eigenvalue weighted by Crippen LogP contribution is 2.32. The number of rotatable bonds is 2. The van der Waals surface area contributed by atoms with Crippen molar-refractivity contribution >= 4 is 31.6 Å². The third-order valence-corrected chi connectivity index (χ3v) is 5.98. The zero-order chi connectivity index (χ0) is 11.3. The lowest BCUT2D eigenvalue weighted by Gasteiger charge is -1.98. The molecular weight excluding hydrogens is 244 g/mol. The number of nitrogens with zero attached hydrogens (tertiary/aromatic N) is 2. The number of fused-ring (bicyclic) bond motifs is 1. The number of para-hydroxylation sites is 1. The average Bonchev–Trinajstić information content (AvgIpc) is 2.84. The molecule has 0 N–H and O–H groups in total. The first kappa shape index (κ1) is 10.2. The molecule has 84 valence electrons. The van der Waals surface area contributed by atoms with Crippen LogP contribution < -0.4 is 0 Å². The van der Waals surface area contributed by atoms with Crippen LogP contribution in [0.4, 0.5) is 0 Å². The number of hydrogen-bond donors (Lipinski definition) is 0. The molecule has 2 unspecified atom stereocenters. The highest BCUT2D eigenvalue weighted by atomic mass is 32.2. The summed E-state index contributed by atoms with van der Waals surface area (Å²) in [6, 6.07) is 7.58. The minimum atomic E-state index is -3.34. The van der Waals surface area contributed by atoms with Crippen molar-refractivity contribution in [2.24, 2.45) is 0 Å². The smallest absolute Gasteiger partial charge is 0.224 e. The van der Waals surface area contributed by atoms with Crippen molar-refractivity contribution in [2.45, 2.75) is 17.3 Å². The van der Waals surface area contributed by atoms with E-state index in [-0.39, 0.29) is 10.4 Å². The third kappa shape index (κ3) is 1.45. The Kier molecular flexibility index (Phi) is 2.07. The first-order chi connectivity index (χ1) is 7.59. The maximum Gasteiger partial charge on any atom is 0.270 e. The predicted octanol–water partition coefficient (Wildman–Crippen LogP) is 1.69. The fourth-order valence-corrected chi connectivity index (χ4v) is 4.58. The van der Waals surface area contributed by atoms with Gasteiger partial charge in [0.2, 0.25) is 4.34 Å². The molecule has 16 heavy (non-hydrogen) atoms. The molecule has 2 atom stereocenters. The number of thiazole rings is 1. The van der Waals surface area contributed by atoms with Gasteiger partial charge in [0.25, 0.3) is 10.0 Å². The van der Waals surface area contributed by atoms with Gasteiger partial charge in [-0.2, -0.15) is 4.31 Å². The van der Waals surface area contributed by atoms with Crippen molar-refractivity contribution in [3.8, 4) is 0 Å². The van der Waals surface area contributed by atoms with Crippen LogP contribution in [0.15, 0.2) is 28.6 Å². The summed E-state index contributed by atoms with van der Waals surface area (Å²) in [5, 5.41) is 0. The molecule has 4 nitrogen and oxygen atoms in total. The van der Waals surface area contributed by atoms with Crippen LogP contribution >= 0.6 is 11.3 Å². The van der Waals surface area contributed by atoms with Gasteiger partial charge in [-0.1, -0.05) is 12.1 Å². The first-order valence-corrected chi connectivity index (χ1v) is 7.22. The SMILES string of the molecule is CC1CN1S(=O)(=O)c1nc2ccccc2s1. The van der Waals surface area contributed by atoms with E-state index in [1.807, 2.05) is 31.2 Å². The molecule has 1 saturated heterocycles. The maximum absolute atomic E-state index is 12.0. The van der Waals surface area contributed by atoms with Gasteiger partial charge in [0.15, 0.2) is 0 Å². The topological polar surface area (TPSA) is 50.0 Å². The summed E-state index contributed by atoms with van der Waals surface area (Å²) in [4.78, 5) is 4.17. The molecule has 1 aromatic carbocycles. The quantitative estimate of drug-likeness (QED) is 0.766. The molecule has 1 aliphatic rings. The lowest BCUT2D eigenvalue weighted by molar-refractivity contribution is 0.555. The van der Waals surface area contributed by atoms with Crippen LogP contribution in [0.1, 0.15) is 6.92 Å². The van der Waals surface area contributed by atoms with E-state index < -0.39 is 10.0 Å². The Balaban J connectivity index is 2.13. The number of hydrogen-bond acceptors (Lipinski definition) is 4. The van der Waals surface area contributed by atoms with Crippen molar-refractivity contribution < 1.29 is 8.42 Å². The van der Waals surface area contributed by atoms with E-state index in [9.17, 15) is 8.42 Å². The van der Waals surface area contributed by atoms with Gasteiger partial charge >= 0.3 is 0 Å². The molecule has 2 heterocycles. The minimum absolute atomic E-state index is 0.122. The van der Waals surface area contributed by atoms with Gasteiger partial charge in [-0.15, -0.1) is 11.3 Å². The van der Waals surface area contributed by atoms with Crippen LogP contribution in [0, 0.1) is 0 Å². The van der Waals surface area contributed by atoms with Crippen LogP contribution in [-0.4, -0.2) is 30.3 Å². The van der Waals surface area contributed by atoms with Crippen LogP contribution in [0.2, 0.25) is 0 Å². The summed E-state index contributed by atoms with van der Waals surface area (Å²) in [6.07, 6.45) is 0. The third-order valence-electron chi connectivity index (χ3n) is 2.61. The van der Waals surface area contributed by atoms with Crippen molar-refractivity contribution in [1.29, 1.82) is 0 Å². The van der Waals surface area contributed by atoms with E-state index in [4.69, 9.17) is 0 Å². The molecular formula is C10H10N2O2S2. The zero-order valence-corrected chi connectivity index (χ0v) is 10.3. The average molecular weight is 254 g/mol. The summed E-state index contributed by atoms with van der Waals surface area (Å²) < 4.78 is 26.7. The Bertz CT molecular complexity index is 615. The molecule has 3 rings (SSSR count). The molecule has 0 saturated carbocycles. The van der Waals surface area contributed by atoms with Crippen molar-refractivity contribution in [3.63, 3.8) is 0 Å². The zero-order valence-electron chi connectivity index (χ0n) is 8.62. The molecule has 1 aliphatic heterocycles. The van der Waals surface area contributed by atoms with E-state index in [1.54, 1.807) is 0 Å². The second kappa shape index (κ2) is 3.26. The second-order valence-corrected chi connectivity index (χ2v) is 6.97. The van der Waals surface area contributed by atoms with Crippen molar-refractivity contribution in [2.75, 3.05) is 6.54 Å². The van der Waals surface area contributed by atoms with E-state index in [1.165, 1.54) is 15.6 Å². The Morgan fingerprint density at radius 2 is 2.12 bits per heavy atom. The standard InChI is InChI=1S/C10H10N2O2S2/c1-7-6-12(7)16(13,14)10-11-8-4-2-3-5-9(8)15-10/h2-5,7H,6H2,1H3. The summed E-state index contributed by atoms with van der Waals surface area (Å²) >= 11 is 1.23. The Labute approximate surface area is 97.6 Å². The molecule has 6 heteroatoms. The van der Waals surface area contributed by atoms with E-state index in [2.05, 4.69) is 4.98 Å². The first-order valence-electron chi connectivity index (χ1n) is 4.96. The summed E-state index contributed by atoms with van der Waals surface area (Å²) in [6.45, 7) is 2.50. The fraction of sp³-hybridized carbons (Fsp3) is 0.300. The monoisotopic (exact) mass is 254 g/mol. The van der Waals surface area contributed by atoms with Gasteiger partial charge in [0, 0.05) is 12.6 Å². The molecule has 1 fully saturated rings. The molecule has 0 bridgehead atoms. The Hall–Kier alpha value is -0.980. The van der Waals surface area contributed by atoms with Crippen molar-refractivity contribution in [1.82, 2.24) is 9.29 Å². The van der Waals surface area contributed by atoms with Crippen LogP contribution in [0.3, 0.4) is 0 Å². The molecule has 1 aromatic heterocycles. The van der Waals surface area contributed by atoms with Crippen LogP contribution in [0.5, 0.6) is 0 Å². The molecule has 0 radical (unpaired) electrons. The number of sulfonamides is 1. The van der Waals surface area contributed by atoms with Gasteiger partial charge in [0.1, 0.15) is 0 Å². The molecule has 0 amide bonds. The lowest BCUT2D eigenvalue weighted by atomic mass is 10.3. The van der Waals surface area contributed by atoms with Crippen molar-refractivity contribution in [3.05, 3.63) is 24.3 Å². The Morgan fingerprint density at radius 3 is 2.75 bits per heavy atom. The van der Waals surface area contributed by atoms with E-state index in [0.717, 1.165) is 10.2 Å². The predicted molar refractivity (Wildman–Crippen MR) is 63.0 cm³/mol. The lowest BCUT2D eigenvalue weighted by Crippen LogP contribution is -2.13. The highest BCUT2D eigenvalue weighted by molar-refractivity contribution is 7.91. The van der Waals surface area contributed by atoms with E-state index in [0.29, 0.717) is 6.54 Å². The van der Waals surface area contributed by atoms with Gasteiger partial charge in [0.05, 0.1) is 10.2 Å². The van der Waals surface area contributed by atoms with Gasteiger partial charge in [-0.3, -0.25) is 0 Å². The molecule has 0 aliphatic carbocycles. The van der Waals surface area contributed by atoms with Crippen LogP contribution in [-0.2, 0) is 10.0 Å². The summed E-state index contributed by atoms with van der Waals surface area (Å²) in [7, 11) is -3.34. The fourth-order valence-electron chi connectivity index (χ4n) is 1.61. The number of benzene rings is 1. The number of aromatic nitrogens is 1. The Morgan fingerprint density at radius 1 is 1.44 bits per heavy atom. The van der Waals surface area contributed by atoms with Gasteiger partial charge in [-0.25, -0.2) is 13.4 Å². The minimum Gasteiger partial charge on any atom is -0.224 e. The van der Waals surface area contributed by atoms with Crippen LogP contribution in [0.25, 0.3) is 10.2 Å². The van der Waals surface area contributed by atoms with Gasteiger partial charge in [-0.05, 0) is 19.1 Å². The summed E-state index contributed by atoms with van der Waals surface area (Å²) in [5.41, 5.74) is 0.751. The molecule has 2 aromatic rings. The van der Waals surface area contributed by atoms with Gasteiger partial charge < -0.3 is 0 Å². The molecule has 0 spiro atoms. The highest BCUT2D eigenvalue weighted by Gasteiger charge is 2.42. The summed E-state index contributed by atoms with van der Waals surface area (Å²) in [5.74, 6) is 0. The normalized spacial score (nSPS) is 24.8. The maximum atomic E-state index is 12.0.